The summed E-state index contributed by atoms with van der Waals surface area (Å²) in [5.41, 5.74) is 0.600. The van der Waals surface area contributed by atoms with Crippen LogP contribution in [0.5, 0.6) is 0 Å². The molecular weight excluding hydrogens is 244 g/mol. The highest BCUT2D eigenvalue weighted by Gasteiger charge is 2.13. The molecule has 1 N–H and O–H groups in total. The van der Waals surface area contributed by atoms with E-state index in [1.807, 2.05) is 0 Å². The minimum atomic E-state index is -0.882. The van der Waals surface area contributed by atoms with Gasteiger partial charge < -0.3 is 5.32 Å². The van der Waals surface area contributed by atoms with Gasteiger partial charge in [0.2, 0.25) is 0 Å². The Kier molecular flexibility index (Phi) is 5.21. The van der Waals surface area contributed by atoms with Crippen molar-refractivity contribution in [1.82, 2.24) is 5.32 Å². The van der Waals surface area contributed by atoms with Crippen molar-refractivity contribution in [3.63, 3.8) is 0 Å². The van der Waals surface area contributed by atoms with Crippen LogP contribution in [0.15, 0.2) is 12.1 Å². The first-order valence-corrected chi connectivity index (χ1v) is 7.13. The molecule has 0 saturated carbocycles. The molecule has 0 bridgehead atoms. The summed E-state index contributed by atoms with van der Waals surface area (Å²) in [4.78, 5) is 0. The Morgan fingerprint density at radius 2 is 2.00 bits per heavy atom. The van der Waals surface area contributed by atoms with Gasteiger partial charge in [-0.25, -0.2) is 8.78 Å². The third-order valence-corrected chi connectivity index (χ3v) is 3.36. The van der Waals surface area contributed by atoms with Crippen LogP contribution in [-0.2, 0) is 10.8 Å². The molecule has 0 amide bonds. The molecule has 17 heavy (non-hydrogen) atoms. The molecule has 1 aromatic rings. The number of hydrogen-bond donors (Lipinski definition) is 1. The molecule has 5 heteroatoms. The molecule has 0 aliphatic carbocycles. The molecule has 96 valence electrons. The second kappa shape index (κ2) is 6.21. The summed E-state index contributed by atoms with van der Waals surface area (Å²) < 4.78 is 37.8. The molecule has 2 nitrogen and oxygen atoms in total. The Balaban J connectivity index is 2.71. The first-order valence-electron chi connectivity index (χ1n) is 5.40. The summed E-state index contributed by atoms with van der Waals surface area (Å²) in [6.45, 7) is 3.80. The summed E-state index contributed by atoms with van der Waals surface area (Å²) in [7, 11) is -0.882. The number of nitrogens with one attached hydrogen (secondary N) is 1. The van der Waals surface area contributed by atoms with E-state index < -0.39 is 22.4 Å². The van der Waals surface area contributed by atoms with E-state index in [1.54, 1.807) is 13.2 Å². The molecule has 0 radical (unpaired) electrons. The van der Waals surface area contributed by atoms with E-state index in [2.05, 4.69) is 5.32 Å². The second-order valence-electron chi connectivity index (χ2n) is 4.08. The first kappa shape index (κ1) is 14.3. The van der Waals surface area contributed by atoms with Crippen molar-refractivity contribution in [2.24, 2.45) is 0 Å². The lowest BCUT2D eigenvalue weighted by Gasteiger charge is -2.15. The fourth-order valence-corrected chi connectivity index (χ4v) is 1.93. The van der Waals surface area contributed by atoms with Gasteiger partial charge in [0.05, 0.1) is 0 Å². The summed E-state index contributed by atoms with van der Waals surface area (Å²) in [6.07, 6.45) is 1.61. The Bertz CT molecular complexity index is 423. The molecule has 2 unspecified atom stereocenters. The maximum Gasteiger partial charge on any atom is 0.128 e. The van der Waals surface area contributed by atoms with Crippen LogP contribution in [0.4, 0.5) is 8.78 Å². The van der Waals surface area contributed by atoms with Gasteiger partial charge in [-0.15, -0.1) is 0 Å². The van der Waals surface area contributed by atoms with Crippen LogP contribution in [0, 0.1) is 18.6 Å². The van der Waals surface area contributed by atoms with Crippen molar-refractivity contribution in [1.29, 1.82) is 0 Å². The zero-order chi connectivity index (χ0) is 13.0. The van der Waals surface area contributed by atoms with Gasteiger partial charge in [0.15, 0.2) is 0 Å². The highest BCUT2D eigenvalue weighted by atomic mass is 32.2. The van der Waals surface area contributed by atoms with E-state index in [4.69, 9.17) is 0 Å². The molecule has 0 saturated heterocycles. The predicted octanol–water partition coefficient (Wildman–Crippen LogP) is 2.30. The maximum absolute atomic E-state index is 13.6. The van der Waals surface area contributed by atoms with Crippen molar-refractivity contribution in [2.45, 2.75) is 19.9 Å². The Morgan fingerprint density at radius 1 is 1.35 bits per heavy atom. The molecule has 0 aromatic heterocycles. The lowest BCUT2D eigenvalue weighted by Crippen LogP contribution is -2.24. The van der Waals surface area contributed by atoms with Crippen molar-refractivity contribution in [2.75, 3.05) is 18.6 Å². The third-order valence-electron chi connectivity index (χ3n) is 2.58. The standard InChI is InChI=1S/C12H17F2NOS/c1-8-6-12(14)10(7-11(8)13)9(2)15-4-5-17(3)16/h6-7,9,15H,4-5H2,1-3H3. The average molecular weight is 261 g/mol. The molecule has 1 rings (SSSR count). The highest BCUT2D eigenvalue weighted by molar-refractivity contribution is 7.84. The van der Waals surface area contributed by atoms with Crippen LogP contribution in [0.3, 0.4) is 0 Å². The topological polar surface area (TPSA) is 29.1 Å². The minimum absolute atomic E-state index is 0.298. The zero-order valence-electron chi connectivity index (χ0n) is 10.2. The molecule has 1 aromatic carbocycles. The van der Waals surface area contributed by atoms with E-state index in [9.17, 15) is 13.0 Å². The Morgan fingerprint density at radius 3 is 2.59 bits per heavy atom. The molecule has 0 aliphatic rings. The van der Waals surface area contributed by atoms with Crippen molar-refractivity contribution in [3.05, 3.63) is 34.9 Å². The summed E-state index contributed by atoms with van der Waals surface area (Å²) in [5.74, 6) is -0.323. The van der Waals surface area contributed by atoms with Crippen LogP contribution >= 0.6 is 0 Å². The quantitative estimate of drug-likeness (QED) is 0.881. The Labute approximate surface area is 103 Å². The van der Waals surface area contributed by atoms with E-state index in [-0.39, 0.29) is 6.04 Å². The third kappa shape index (κ3) is 4.16. The van der Waals surface area contributed by atoms with Gasteiger partial charge in [0.1, 0.15) is 11.6 Å². The van der Waals surface area contributed by atoms with E-state index >= 15 is 0 Å². The van der Waals surface area contributed by atoms with Crippen LogP contribution in [0.25, 0.3) is 0 Å². The normalized spacial score (nSPS) is 14.6. The summed E-state index contributed by atoms with van der Waals surface area (Å²) in [6, 6.07) is 2.11. The Hall–Kier alpha value is -0.810. The lowest BCUT2D eigenvalue weighted by molar-refractivity contribution is 0.527. The van der Waals surface area contributed by atoms with Crippen LogP contribution in [0.1, 0.15) is 24.1 Å². The SMILES string of the molecule is Cc1cc(F)c(C(C)NCCS(C)=O)cc1F. The molecule has 0 fully saturated rings. The summed E-state index contributed by atoms with van der Waals surface area (Å²) >= 11 is 0. The molecule has 0 heterocycles. The predicted molar refractivity (Wildman–Crippen MR) is 66.4 cm³/mol. The summed E-state index contributed by atoms with van der Waals surface area (Å²) in [5, 5.41) is 3.02. The van der Waals surface area contributed by atoms with Gasteiger partial charge in [-0.2, -0.15) is 0 Å². The number of aryl methyl sites for hydroxylation is 1. The van der Waals surface area contributed by atoms with Gasteiger partial charge in [0.25, 0.3) is 0 Å². The molecule has 2 atom stereocenters. The van der Waals surface area contributed by atoms with Crippen molar-refractivity contribution < 1.29 is 13.0 Å². The zero-order valence-corrected chi connectivity index (χ0v) is 11.0. The number of rotatable bonds is 5. The fraction of sp³-hybridized carbons (Fsp3) is 0.500. The largest absolute Gasteiger partial charge is 0.309 e. The van der Waals surface area contributed by atoms with E-state index in [0.29, 0.717) is 23.4 Å². The van der Waals surface area contributed by atoms with E-state index in [1.165, 1.54) is 19.1 Å². The highest BCUT2D eigenvalue weighted by Crippen LogP contribution is 2.20. The smallest absolute Gasteiger partial charge is 0.128 e. The first-order chi connectivity index (χ1) is 7.91. The number of halogens is 2. The average Bonchev–Trinajstić information content (AvgIpc) is 2.22. The van der Waals surface area contributed by atoms with Crippen LogP contribution in [0.2, 0.25) is 0 Å². The number of hydrogen-bond acceptors (Lipinski definition) is 2. The van der Waals surface area contributed by atoms with Gasteiger partial charge in [-0.1, -0.05) is 0 Å². The minimum Gasteiger partial charge on any atom is -0.309 e. The van der Waals surface area contributed by atoms with Gasteiger partial charge >= 0.3 is 0 Å². The number of benzene rings is 1. The van der Waals surface area contributed by atoms with Crippen molar-refractivity contribution in [3.8, 4) is 0 Å². The van der Waals surface area contributed by atoms with Crippen molar-refractivity contribution >= 4 is 10.8 Å². The molecular formula is C12H17F2NOS. The maximum atomic E-state index is 13.6. The van der Waals surface area contributed by atoms with Gasteiger partial charge in [-0.05, 0) is 31.5 Å². The second-order valence-corrected chi connectivity index (χ2v) is 5.63. The van der Waals surface area contributed by atoms with Crippen LogP contribution in [-0.4, -0.2) is 22.8 Å². The molecule has 0 spiro atoms. The van der Waals surface area contributed by atoms with Gasteiger partial charge in [0, 0.05) is 41.0 Å². The van der Waals surface area contributed by atoms with Gasteiger partial charge in [-0.3, -0.25) is 4.21 Å². The molecule has 0 aliphatic heterocycles. The lowest BCUT2D eigenvalue weighted by atomic mass is 10.1. The monoisotopic (exact) mass is 261 g/mol. The van der Waals surface area contributed by atoms with Crippen LogP contribution < -0.4 is 5.32 Å². The fourth-order valence-electron chi connectivity index (χ4n) is 1.52. The van der Waals surface area contributed by atoms with E-state index in [0.717, 1.165) is 0 Å².